The molecule has 1 aromatic rings. The van der Waals surface area contributed by atoms with Crippen molar-refractivity contribution in [3.8, 4) is 5.88 Å². The molecule has 0 fully saturated rings. The van der Waals surface area contributed by atoms with Gasteiger partial charge in [0.1, 0.15) is 16.6 Å². The minimum absolute atomic E-state index is 0.363. The molecule has 0 amide bonds. The molecular formula is C9H11N3O3S. The summed E-state index contributed by atoms with van der Waals surface area (Å²) in [5.74, 6) is 0.0500. The van der Waals surface area contributed by atoms with Gasteiger partial charge in [-0.05, 0) is 0 Å². The van der Waals surface area contributed by atoms with Crippen LogP contribution in [0.1, 0.15) is 11.6 Å². The predicted molar refractivity (Wildman–Crippen MR) is 57.2 cm³/mol. The summed E-state index contributed by atoms with van der Waals surface area (Å²) in [5.41, 5.74) is 6.63. The van der Waals surface area contributed by atoms with Crippen molar-refractivity contribution < 1.29 is 14.3 Å². The van der Waals surface area contributed by atoms with Crippen LogP contribution in [0.2, 0.25) is 0 Å². The van der Waals surface area contributed by atoms with Gasteiger partial charge in [0, 0.05) is 0 Å². The van der Waals surface area contributed by atoms with E-state index in [0.717, 1.165) is 0 Å². The number of fused-ring (bicyclic) bond motifs is 1. The van der Waals surface area contributed by atoms with Crippen molar-refractivity contribution in [1.82, 2.24) is 9.97 Å². The Kier molecular flexibility index (Phi) is 2.97. The molecule has 1 aliphatic rings. The topological polar surface area (TPSA) is 87.3 Å². The van der Waals surface area contributed by atoms with E-state index in [1.165, 1.54) is 32.3 Å². The molecule has 0 saturated carbocycles. The van der Waals surface area contributed by atoms with E-state index >= 15 is 0 Å². The van der Waals surface area contributed by atoms with Gasteiger partial charge in [0.2, 0.25) is 5.88 Å². The molecule has 7 heteroatoms. The van der Waals surface area contributed by atoms with Crippen molar-refractivity contribution in [1.29, 1.82) is 0 Å². The molecule has 2 heterocycles. The van der Waals surface area contributed by atoms with Crippen LogP contribution in [0, 0.1) is 0 Å². The van der Waals surface area contributed by atoms with Crippen LogP contribution in [0.25, 0.3) is 0 Å². The number of hydrogen-bond acceptors (Lipinski definition) is 7. The molecule has 2 unspecified atom stereocenters. The molecule has 0 bridgehead atoms. The molecule has 2 atom stereocenters. The number of methoxy groups -OCH3 is 2. The SMILES string of the molecule is COC(=O)C1Sc2ncnc(OC)c2C1N. The molecule has 1 aromatic heterocycles. The van der Waals surface area contributed by atoms with Crippen LogP contribution in [-0.2, 0) is 9.53 Å². The largest absolute Gasteiger partial charge is 0.481 e. The number of esters is 1. The fourth-order valence-corrected chi connectivity index (χ4v) is 2.74. The molecule has 0 saturated heterocycles. The number of carbonyl (C=O) groups excluding carboxylic acids is 1. The lowest BCUT2D eigenvalue weighted by atomic mass is 10.1. The quantitative estimate of drug-likeness (QED) is 0.581. The molecule has 86 valence electrons. The van der Waals surface area contributed by atoms with E-state index in [2.05, 4.69) is 14.7 Å². The van der Waals surface area contributed by atoms with Crippen LogP contribution in [0.4, 0.5) is 0 Å². The summed E-state index contributed by atoms with van der Waals surface area (Å²) in [4.78, 5) is 19.5. The van der Waals surface area contributed by atoms with Crippen LogP contribution in [0.3, 0.4) is 0 Å². The van der Waals surface area contributed by atoms with Crippen molar-refractivity contribution in [2.24, 2.45) is 5.73 Å². The highest BCUT2D eigenvalue weighted by atomic mass is 32.2. The van der Waals surface area contributed by atoms with Gasteiger partial charge in [0.15, 0.2) is 0 Å². The molecular weight excluding hydrogens is 230 g/mol. The first kappa shape index (κ1) is 11.2. The summed E-state index contributed by atoms with van der Waals surface area (Å²) in [5, 5.41) is 0.195. The number of ether oxygens (including phenoxy) is 2. The van der Waals surface area contributed by atoms with Crippen LogP contribution >= 0.6 is 11.8 Å². The number of nitrogens with two attached hydrogens (primary N) is 1. The minimum Gasteiger partial charge on any atom is -0.481 e. The summed E-state index contributed by atoms with van der Waals surface area (Å²) >= 11 is 1.28. The van der Waals surface area contributed by atoms with Gasteiger partial charge in [0.05, 0.1) is 25.8 Å². The van der Waals surface area contributed by atoms with Crippen LogP contribution in [-0.4, -0.2) is 35.4 Å². The third-order valence-corrected chi connectivity index (χ3v) is 3.62. The summed E-state index contributed by atoms with van der Waals surface area (Å²) in [6.45, 7) is 0. The van der Waals surface area contributed by atoms with E-state index in [4.69, 9.17) is 10.5 Å². The zero-order valence-corrected chi connectivity index (χ0v) is 9.65. The third kappa shape index (κ3) is 1.61. The maximum Gasteiger partial charge on any atom is 0.321 e. The summed E-state index contributed by atoms with van der Waals surface area (Å²) in [6, 6.07) is -0.497. The molecule has 0 spiro atoms. The summed E-state index contributed by atoms with van der Waals surface area (Å²) < 4.78 is 9.77. The van der Waals surface area contributed by atoms with Gasteiger partial charge in [-0.15, -0.1) is 0 Å². The Morgan fingerprint density at radius 2 is 2.25 bits per heavy atom. The van der Waals surface area contributed by atoms with Crippen molar-refractivity contribution in [2.45, 2.75) is 16.3 Å². The number of carbonyl (C=O) groups is 1. The number of aromatic nitrogens is 2. The van der Waals surface area contributed by atoms with Gasteiger partial charge in [0.25, 0.3) is 0 Å². The Bertz CT molecular complexity index is 426. The number of nitrogens with zero attached hydrogens (tertiary/aromatic N) is 2. The minimum atomic E-state index is -0.497. The van der Waals surface area contributed by atoms with Gasteiger partial charge in [-0.3, -0.25) is 4.79 Å². The Hall–Kier alpha value is -1.34. The van der Waals surface area contributed by atoms with Gasteiger partial charge >= 0.3 is 5.97 Å². The number of thioether (sulfide) groups is 1. The molecule has 0 aliphatic carbocycles. The predicted octanol–water partition coefficient (Wildman–Crippen LogP) is 0.132. The van der Waals surface area contributed by atoms with E-state index in [1.54, 1.807) is 0 Å². The van der Waals surface area contributed by atoms with Crippen LogP contribution in [0.15, 0.2) is 11.4 Å². The average Bonchev–Trinajstić information content (AvgIpc) is 2.66. The second kappa shape index (κ2) is 4.26. The normalized spacial score (nSPS) is 22.7. The first-order valence-electron chi connectivity index (χ1n) is 4.58. The van der Waals surface area contributed by atoms with Gasteiger partial charge in [-0.2, -0.15) is 0 Å². The van der Waals surface area contributed by atoms with E-state index in [-0.39, 0.29) is 5.97 Å². The van der Waals surface area contributed by atoms with Crippen molar-refractivity contribution >= 4 is 17.7 Å². The Morgan fingerprint density at radius 1 is 1.50 bits per heavy atom. The summed E-state index contributed by atoms with van der Waals surface area (Å²) in [7, 11) is 2.84. The number of hydrogen-bond donors (Lipinski definition) is 1. The molecule has 2 rings (SSSR count). The van der Waals surface area contributed by atoms with Gasteiger partial charge in [-0.1, -0.05) is 11.8 Å². The first-order chi connectivity index (χ1) is 7.69. The molecule has 0 radical (unpaired) electrons. The second-order valence-electron chi connectivity index (χ2n) is 3.19. The van der Waals surface area contributed by atoms with Gasteiger partial charge in [-0.25, -0.2) is 9.97 Å². The smallest absolute Gasteiger partial charge is 0.321 e. The van der Waals surface area contributed by atoms with E-state index in [0.29, 0.717) is 16.5 Å². The average molecular weight is 241 g/mol. The zero-order chi connectivity index (χ0) is 11.7. The molecule has 1 aliphatic heterocycles. The first-order valence-corrected chi connectivity index (χ1v) is 5.46. The highest BCUT2D eigenvalue weighted by Gasteiger charge is 2.40. The third-order valence-electron chi connectivity index (χ3n) is 2.34. The van der Waals surface area contributed by atoms with Crippen LogP contribution in [0.5, 0.6) is 5.88 Å². The highest BCUT2D eigenvalue weighted by Crippen LogP contribution is 2.45. The van der Waals surface area contributed by atoms with Crippen molar-refractivity contribution in [2.75, 3.05) is 14.2 Å². The van der Waals surface area contributed by atoms with E-state index < -0.39 is 11.3 Å². The lowest BCUT2D eigenvalue weighted by Crippen LogP contribution is -2.28. The maximum absolute atomic E-state index is 11.5. The molecule has 0 aromatic carbocycles. The Labute approximate surface area is 96.5 Å². The van der Waals surface area contributed by atoms with Gasteiger partial charge < -0.3 is 15.2 Å². The molecule has 16 heavy (non-hydrogen) atoms. The van der Waals surface area contributed by atoms with E-state index in [1.807, 2.05) is 0 Å². The van der Waals surface area contributed by atoms with Crippen LogP contribution < -0.4 is 10.5 Å². The Morgan fingerprint density at radius 3 is 2.88 bits per heavy atom. The maximum atomic E-state index is 11.5. The highest BCUT2D eigenvalue weighted by molar-refractivity contribution is 8.00. The zero-order valence-electron chi connectivity index (χ0n) is 8.84. The summed E-state index contributed by atoms with van der Waals surface area (Å²) in [6.07, 6.45) is 1.39. The van der Waals surface area contributed by atoms with Crippen molar-refractivity contribution in [3.63, 3.8) is 0 Å². The fourth-order valence-electron chi connectivity index (χ4n) is 1.56. The molecule has 2 N–H and O–H groups in total. The fraction of sp³-hybridized carbons (Fsp3) is 0.444. The second-order valence-corrected chi connectivity index (χ2v) is 4.32. The van der Waals surface area contributed by atoms with Crippen molar-refractivity contribution in [3.05, 3.63) is 11.9 Å². The Balaban J connectivity index is 2.38. The number of rotatable bonds is 2. The lowest BCUT2D eigenvalue weighted by Gasteiger charge is -2.12. The van der Waals surface area contributed by atoms with E-state index in [9.17, 15) is 4.79 Å². The lowest BCUT2D eigenvalue weighted by molar-refractivity contribution is -0.140. The monoisotopic (exact) mass is 241 g/mol. The standard InChI is InChI=1S/C9H11N3O3S/c1-14-7-4-5(10)6(9(13)15-2)16-8(4)12-3-11-7/h3,5-6H,10H2,1-2H3. The molecule has 6 nitrogen and oxygen atoms in total.